The minimum Gasteiger partial charge on any atom is -0.507 e. The molecule has 0 aliphatic heterocycles. The lowest BCUT2D eigenvalue weighted by atomic mass is 9.81. The standard InChI is InChI=1S/C21H18O7/c1-2-13(22)9-15(24)18-12(8-16(25)26)7-11-6-10-4-3-5-14(23)17(10)20(27)19(11)21(18)28/h3-5,7,9,23-24,28H,2,6,8H2,1H3,(H,25,26)/b15-9-. The summed E-state index contributed by atoms with van der Waals surface area (Å²) in [5.41, 5.74) is 0.674. The maximum Gasteiger partial charge on any atom is 0.307 e. The number of phenols is 2. The number of aliphatic hydroxyl groups excluding tert-OH is 1. The van der Waals surface area contributed by atoms with Crippen LogP contribution in [0.1, 0.15) is 51.5 Å². The van der Waals surface area contributed by atoms with Crippen molar-refractivity contribution in [1.29, 1.82) is 0 Å². The van der Waals surface area contributed by atoms with Gasteiger partial charge in [0.15, 0.2) is 5.78 Å². The van der Waals surface area contributed by atoms with E-state index in [0.29, 0.717) is 11.1 Å². The van der Waals surface area contributed by atoms with Crippen molar-refractivity contribution in [2.45, 2.75) is 26.2 Å². The van der Waals surface area contributed by atoms with Gasteiger partial charge in [0.05, 0.1) is 23.1 Å². The van der Waals surface area contributed by atoms with E-state index in [1.54, 1.807) is 19.1 Å². The summed E-state index contributed by atoms with van der Waals surface area (Å²) in [5, 5.41) is 40.4. The Hall–Kier alpha value is -3.61. The predicted molar refractivity (Wildman–Crippen MR) is 99.7 cm³/mol. The SMILES string of the molecule is CCC(=O)/C=C(\O)c1c(CC(=O)O)cc2c(c1O)C(=O)c1c(O)cccc1C2. The van der Waals surface area contributed by atoms with Crippen LogP contribution in [0.4, 0.5) is 0 Å². The van der Waals surface area contributed by atoms with E-state index in [1.807, 2.05) is 0 Å². The summed E-state index contributed by atoms with van der Waals surface area (Å²) in [5.74, 6) is -3.71. The van der Waals surface area contributed by atoms with Gasteiger partial charge in [-0.3, -0.25) is 14.4 Å². The molecular weight excluding hydrogens is 364 g/mol. The van der Waals surface area contributed by atoms with Gasteiger partial charge in [-0.25, -0.2) is 0 Å². The van der Waals surface area contributed by atoms with Crippen molar-refractivity contribution >= 4 is 23.3 Å². The number of carbonyl (C=O) groups is 3. The third kappa shape index (κ3) is 3.22. The van der Waals surface area contributed by atoms with Crippen molar-refractivity contribution in [1.82, 2.24) is 0 Å². The number of carboxylic acid groups (broad SMARTS) is 1. The molecular formula is C21H18O7. The van der Waals surface area contributed by atoms with Crippen LogP contribution in [0, 0.1) is 0 Å². The first kappa shape index (κ1) is 19.2. The molecule has 4 N–H and O–H groups in total. The molecule has 0 heterocycles. The predicted octanol–water partition coefficient (Wildman–Crippen LogP) is 2.74. The largest absolute Gasteiger partial charge is 0.507 e. The zero-order valence-corrected chi connectivity index (χ0v) is 15.0. The molecule has 0 fully saturated rings. The Morgan fingerprint density at radius 1 is 1.11 bits per heavy atom. The van der Waals surface area contributed by atoms with Crippen LogP contribution in [-0.2, 0) is 22.4 Å². The van der Waals surface area contributed by atoms with E-state index >= 15 is 0 Å². The number of hydrogen-bond donors (Lipinski definition) is 4. The van der Waals surface area contributed by atoms with Gasteiger partial charge < -0.3 is 20.4 Å². The van der Waals surface area contributed by atoms with Crippen LogP contribution in [0.15, 0.2) is 30.3 Å². The number of hydrogen-bond acceptors (Lipinski definition) is 6. The summed E-state index contributed by atoms with van der Waals surface area (Å²) in [6, 6.07) is 6.04. The highest BCUT2D eigenvalue weighted by Crippen LogP contribution is 2.41. The molecule has 0 unspecified atom stereocenters. The number of fused-ring (bicyclic) bond motifs is 2. The number of carbonyl (C=O) groups excluding carboxylic acids is 2. The third-order valence-corrected chi connectivity index (χ3v) is 4.67. The number of ketones is 2. The van der Waals surface area contributed by atoms with Crippen molar-refractivity contribution in [2.24, 2.45) is 0 Å². The molecule has 0 radical (unpaired) electrons. The van der Waals surface area contributed by atoms with Crippen LogP contribution in [-0.4, -0.2) is 38.0 Å². The van der Waals surface area contributed by atoms with E-state index in [2.05, 4.69) is 0 Å². The topological polar surface area (TPSA) is 132 Å². The molecule has 7 nitrogen and oxygen atoms in total. The van der Waals surface area contributed by atoms with Crippen molar-refractivity contribution < 1.29 is 34.8 Å². The fraction of sp³-hybridized carbons (Fsp3) is 0.190. The molecule has 0 aromatic heterocycles. The molecule has 144 valence electrons. The van der Waals surface area contributed by atoms with E-state index in [-0.39, 0.29) is 40.8 Å². The van der Waals surface area contributed by atoms with Crippen LogP contribution < -0.4 is 0 Å². The molecule has 2 aromatic rings. The van der Waals surface area contributed by atoms with Crippen LogP contribution in [0.2, 0.25) is 0 Å². The molecule has 2 aromatic carbocycles. The molecule has 7 heteroatoms. The lowest BCUT2D eigenvalue weighted by Crippen LogP contribution is -2.18. The monoisotopic (exact) mass is 382 g/mol. The van der Waals surface area contributed by atoms with E-state index in [4.69, 9.17) is 0 Å². The second-order valence-electron chi connectivity index (χ2n) is 6.53. The second-order valence-corrected chi connectivity index (χ2v) is 6.53. The molecule has 1 aliphatic carbocycles. The lowest BCUT2D eigenvalue weighted by Gasteiger charge is -2.23. The maximum atomic E-state index is 12.9. The maximum absolute atomic E-state index is 12.9. The number of aromatic hydroxyl groups is 2. The Morgan fingerprint density at radius 3 is 2.46 bits per heavy atom. The Balaban J connectivity index is 2.27. The van der Waals surface area contributed by atoms with E-state index < -0.39 is 35.5 Å². The summed E-state index contributed by atoms with van der Waals surface area (Å²) >= 11 is 0. The van der Waals surface area contributed by atoms with Crippen molar-refractivity contribution in [3.05, 3.63) is 63.7 Å². The lowest BCUT2D eigenvalue weighted by molar-refractivity contribution is -0.136. The van der Waals surface area contributed by atoms with Gasteiger partial charge in [-0.05, 0) is 29.2 Å². The quantitative estimate of drug-likeness (QED) is 0.394. The van der Waals surface area contributed by atoms with Gasteiger partial charge in [0.25, 0.3) is 0 Å². The number of phenolic OH excluding ortho intramolecular Hbond substituents is 2. The van der Waals surface area contributed by atoms with Gasteiger partial charge >= 0.3 is 5.97 Å². The molecule has 0 spiro atoms. The fourth-order valence-corrected chi connectivity index (χ4v) is 3.42. The fourth-order valence-electron chi connectivity index (χ4n) is 3.42. The van der Waals surface area contributed by atoms with E-state index in [0.717, 1.165) is 6.08 Å². The zero-order chi connectivity index (χ0) is 20.6. The first-order valence-electron chi connectivity index (χ1n) is 8.63. The third-order valence-electron chi connectivity index (χ3n) is 4.67. The first-order chi connectivity index (χ1) is 13.2. The smallest absolute Gasteiger partial charge is 0.307 e. The van der Waals surface area contributed by atoms with E-state index in [9.17, 15) is 34.8 Å². The molecule has 0 amide bonds. The zero-order valence-electron chi connectivity index (χ0n) is 15.0. The van der Waals surface area contributed by atoms with Gasteiger partial charge in [-0.15, -0.1) is 0 Å². The Bertz CT molecular complexity index is 1050. The molecule has 0 saturated heterocycles. The van der Waals surface area contributed by atoms with Gasteiger partial charge in [-0.1, -0.05) is 25.1 Å². The highest BCUT2D eigenvalue weighted by Gasteiger charge is 2.32. The van der Waals surface area contributed by atoms with Crippen molar-refractivity contribution in [2.75, 3.05) is 0 Å². The Labute approximate surface area is 160 Å². The molecule has 0 bridgehead atoms. The van der Waals surface area contributed by atoms with Crippen LogP contribution in [0.5, 0.6) is 11.5 Å². The summed E-state index contributed by atoms with van der Waals surface area (Å²) in [6.45, 7) is 1.58. The van der Waals surface area contributed by atoms with Gasteiger partial charge in [0, 0.05) is 12.5 Å². The summed E-state index contributed by atoms with van der Waals surface area (Å²) in [7, 11) is 0. The minimum absolute atomic E-state index is 0.0512. The summed E-state index contributed by atoms with van der Waals surface area (Å²) in [4.78, 5) is 35.9. The number of aliphatic carboxylic acids is 1. The first-order valence-corrected chi connectivity index (χ1v) is 8.63. The second kappa shape index (κ2) is 7.19. The molecule has 0 saturated carbocycles. The average Bonchev–Trinajstić information content (AvgIpc) is 2.60. The molecule has 3 rings (SSSR count). The molecule has 1 aliphatic rings. The number of allylic oxidation sites excluding steroid dienone is 1. The molecule has 28 heavy (non-hydrogen) atoms. The van der Waals surface area contributed by atoms with Crippen LogP contribution in [0.3, 0.4) is 0 Å². The average molecular weight is 382 g/mol. The normalized spacial score (nSPS) is 13.0. The summed E-state index contributed by atoms with van der Waals surface area (Å²) in [6.07, 6.45) is 0.675. The van der Waals surface area contributed by atoms with Crippen LogP contribution in [0.25, 0.3) is 5.76 Å². The van der Waals surface area contributed by atoms with Gasteiger partial charge in [-0.2, -0.15) is 0 Å². The van der Waals surface area contributed by atoms with E-state index in [1.165, 1.54) is 12.1 Å². The number of aliphatic hydroxyl groups is 1. The Kier molecular flexibility index (Phi) is 4.92. The van der Waals surface area contributed by atoms with Crippen LogP contribution >= 0.6 is 0 Å². The van der Waals surface area contributed by atoms with Gasteiger partial charge in [0.1, 0.15) is 17.3 Å². The van der Waals surface area contributed by atoms with Crippen molar-refractivity contribution in [3.8, 4) is 11.5 Å². The minimum atomic E-state index is -1.20. The van der Waals surface area contributed by atoms with Gasteiger partial charge in [0.2, 0.25) is 5.78 Å². The number of rotatable bonds is 5. The highest BCUT2D eigenvalue weighted by atomic mass is 16.4. The number of carboxylic acids is 1. The summed E-state index contributed by atoms with van der Waals surface area (Å²) < 4.78 is 0. The number of benzene rings is 2. The highest BCUT2D eigenvalue weighted by molar-refractivity contribution is 6.16. The van der Waals surface area contributed by atoms with Crippen molar-refractivity contribution in [3.63, 3.8) is 0 Å². The molecule has 0 atom stereocenters. The Morgan fingerprint density at radius 2 is 1.82 bits per heavy atom.